The molecule has 1 heterocycles. The van der Waals surface area contributed by atoms with Gasteiger partial charge in [-0.05, 0) is 71.2 Å². The predicted octanol–water partition coefficient (Wildman–Crippen LogP) is 4.10. The summed E-state index contributed by atoms with van der Waals surface area (Å²) in [7, 11) is 0. The topological polar surface area (TPSA) is 34.4 Å². The minimum Gasteiger partial charge on any atom is -0.452 e. The SMILES string of the molecule is CC(C)OCCCCNCc1cc(Br)c(Br)o1. The lowest BCUT2D eigenvalue weighted by molar-refractivity contribution is 0.0760. The Labute approximate surface area is 120 Å². The number of hydrogen-bond acceptors (Lipinski definition) is 3. The molecule has 1 aromatic heterocycles. The fourth-order valence-corrected chi connectivity index (χ4v) is 2.02. The van der Waals surface area contributed by atoms with Gasteiger partial charge in [-0.2, -0.15) is 0 Å². The third-order valence-corrected chi connectivity index (χ3v) is 3.90. The van der Waals surface area contributed by atoms with Crippen LogP contribution in [-0.4, -0.2) is 19.3 Å². The van der Waals surface area contributed by atoms with E-state index in [0.717, 1.165) is 47.4 Å². The molecule has 0 saturated carbocycles. The number of hydrogen-bond donors (Lipinski definition) is 1. The number of halogens is 2. The molecule has 0 aliphatic heterocycles. The molecular formula is C12H19Br2NO2. The van der Waals surface area contributed by atoms with E-state index in [1.54, 1.807) is 0 Å². The Balaban J connectivity index is 2.01. The van der Waals surface area contributed by atoms with Gasteiger partial charge in [0, 0.05) is 6.61 Å². The highest BCUT2D eigenvalue weighted by atomic mass is 79.9. The molecule has 0 fully saturated rings. The quantitative estimate of drug-likeness (QED) is 0.701. The lowest BCUT2D eigenvalue weighted by Gasteiger charge is -2.07. The highest BCUT2D eigenvalue weighted by Crippen LogP contribution is 2.26. The van der Waals surface area contributed by atoms with Crippen molar-refractivity contribution < 1.29 is 9.15 Å². The first-order valence-corrected chi connectivity index (χ1v) is 7.44. The Bertz CT molecular complexity index is 307. The zero-order valence-corrected chi connectivity index (χ0v) is 13.4. The zero-order chi connectivity index (χ0) is 12.7. The van der Waals surface area contributed by atoms with Crippen molar-refractivity contribution >= 4 is 31.9 Å². The second-order valence-corrected chi connectivity index (χ2v) is 5.71. The number of nitrogens with one attached hydrogen (secondary N) is 1. The van der Waals surface area contributed by atoms with Gasteiger partial charge >= 0.3 is 0 Å². The van der Waals surface area contributed by atoms with E-state index < -0.39 is 0 Å². The van der Waals surface area contributed by atoms with E-state index in [9.17, 15) is 0 Å². The van der Waals surface area contributed by atoms with Crippen molar-refractivity contribution in [2.45, 2.75) is 39.3 Å². The third-order valence-electron chi connectivity index (χ3n) is 2.19. The molecule has 0 aliphatic carbocycles. The molecule has 0 radical (unpaired) electrons. The lowest BCUT2D eigenvalue weighted by atomic mass is 10.3. The van der Waals surface area contributed by atoms with Gasteiger partial charge in [-0.1, -0.05) is 0 Å². The minimum atomic E-state index is 0.334. The molecule has 0 unspecified atom stereocenters. The molecule has 98 valence electrons. The third kappa shape index (κ3) is 6.60. The van der Waals surface area contributed by atoms with Crippen molar-refractivity contribution in [2.75, 3.05) is 13.2 Å². The smallest absolute Gasteiger partial charge is 0.183 e. The van der Waals surface area contributed by atoms with E-state index in [0.29, 0.717) is 6.10 Å². The van der Waals surface area contributed by atoms with Crippen LogP contribution in [0.5, 0.6) is 0 Å². The highest BCUT2D eigenvalue weighted by Gasteiger charge is 2.04. The maximum atomic E-state index is 5.47. The number of rotatable bonds is 8. The Kier molecular flexibility index (Phi) is 7.43. The largest absolute Gasteiger partial charge is 0.452 e. The summed E-state index contributed by atoms with van der Waals surface area (Å²) in [6.07, 6.45) is 2.55. The molecule has 0 spiro atoms. The van der Waals surface area contributed by atoms with Crippen LogP contribution in [0.15, 0.2) is 19.6 Å². The van der Waals surface area contributed by atoms with E-state index in [4.69, 9.17) is 9.15 Å². The van der Waals surface area contributed by atoms with Gasteiger partial charge in [-0.3, -0.25) is 0 Å². The van der Waals surface area contributed by atoms with Crippen LogP contribution in [0.3, 0.4) is 0 Å². The van der Waals surface area contributed by atoms with Gasteiger partial charge < -0.3 is 14.5 Å². The highest BCUT2D eigenvalue weighted by molar-refractivity contribution is 9.13. The molecule has 0 amide bonds. The summed E-state index contributed by atoms with van der Waals surface area (Å²) >= 11 is 6.70. The Morgan fingerprint density at radius 1 is 1.35 bits per heavy atom. The normalized spacial score (nSPS) is 11.4. The van der Waals surface area contributed by atoms with E-state index in [2.05, 4.69) is 51.0 Å². The van der Waals surface area contributed by atoms with Crippen molar-refractivity contribution in [3.05, 3.63) is 21.0 Å². The molecule has 0 bridgehead atoms. The molecule has 0 aliphatic rings. The van der Waals surface area contributed by atoms with E-state index in [1.165, 1.54) is 0 Å². The Morgan fingerprint density at radius 3 is 2.71 bits per heavy atom. The van der Waals surface area contributed by atoms with Crippen LogP contribution >= 0.6 is 31.9 Å². The summed E-state index contributed by atoms with van der Waals surface area (Å²) in [4.78, 5) is 0. The number of unbranched alkanes of at least 4 members (excludes halogenated alkanes) is 1. The molecule has 1 aromatic rings. The van der Waals surface area contributed by atoms with Crippen molar-refractivity contribution in [2.24, 2.45) is 0 Å². The van der Waals surface area contributed by atoms with Crippen LogP contribution in [0, 0.1) is 0 Å². The Hall–Kier alpha value is 0.160. The van der Waals surface area contributed by atoms with Crippen LogP contribution in [-0.2, 0) is 11.3 Å². The fourth-order valence-electron chi connectivity index (χ4n) is 1.36. The van der Waals surface area contributed by atoms with Crippen LogP contribution in [0.1, 0.15) is 32.4 Å². The van der Waals surface area contributed by atoms with Gasteiger partial charge in [-0.15, -0.1) is 0 Å². The molecule has 5 heteroatoms. The summed E-state index contributed by atoms with van der Waals surface area (Å²) < 4.78 is 12.6. The van der Waals surface area contributed by atoms with Crippen molar-refractivity contribution in [1.29, 1.82) is 0 Å². The lowest BCUT2D eigenvalue weighted by Crippen LogP contribution is -2.15. The van der Waals surface area contributed by atoms with Crippen molar-refractivity contribution in [1.82, 2.24) is 5.32 Å². The first-order chi connectivity index (χ1) is 8.09. The van der Waals surface area contributed by atoms with Gasteiger partial charge in [0.25, 0.3) is 0 Å². The maximum Gasteiger partial charge on any atom is 0.183 e. The summed E-state index contributed by atoms with van der Waals surface area (Å²) in [6, 6.07) is 1.97. The second kappa shape index (κ2) is 8.29. The molecular weight excluding hydrogens is 350 g/mol. The average Bonchev–Trinajstić information content (AvgIpc) is 2.56. The molecule has 0 aromatic carbocycles. The molecule has 3 nitrogen and oxygen atoms in total. The maximum absolute atomic E-state index is 5.47. The second-order valence-electron chi connectivity index (χ2n) is 4.14. The average molecular weight is 369 g/mol. The first-order valence-electron chi connectivity index (χ1n) is 5.85. The first kappa shape index (κ1) is 15.2. The van der Waals surface area contributed by atoms with Crippen molar-refractivity contribution in [3.63, 3.8) is 0 Å². The monoisotopic (exact) mass is 367 g/mol. The summed E-state index contributed by atoms with van der Waals surface area (Å²) in [5.74, 6) is 0.933. The molecule has 17 heavy (non-hydrogen) atoms. The van der Waals surface area contributed by atoms with E-state index in [-0.39, 0.29) is 0 Å². The molecule has 1 rings (SSSR count). The van der Waals surface area contributed by atoms with Crippen LogP contribution < -0.4 is 5.32 Å². The van der Waals surface area contributed by atoms with Crippen molar-refractivity contribution in [3.8, 4) is 0 Å². The Morgan fingerprint density at radius 2 is 2.12 bits per heavy atom. The summed E-state index contributed by atoms with van der Waals surface area (Å²) in [5, 5.41) is 3.34. The molecule has 1 N–H and O–H groups in total. The van der Waals surface area contributed by atoms with Crippen LogP contribution in [0.25, 0.3) is 0 Å². The van der Waals surface area contributed by atoms with Gasteiger partial charge in [0.2, 0.25) is 0 Å². The standard InChI is InChI=1S/C12H19Br2NO2/c1-9(2)16-6-4-3-5-15-8-10-7-11(13)12(14)17-10/h7,9,15H,3-6,8H2,1-2H3. The van der Waals surface area contributed by atoms with Crippen LogP contribution in [0.4, 0.5) is 0 Å². The predicted molar refractivity (Wildman–Crippen MR) is 76.1 cm³/mol. The molecule has 0 atom stereocenters. The minimum absolute atomic E-state index is 0.334. The van der Waals surface area contributed by atoms with E-state index >= 15 is 0 Å². The van der Waals surface area contributed by atoms with Gasteiger partial charge in [0.1, 0.15) is 5.76 Å². The summed E-state index contributed by atoms with van der Waals surface area (Å²) in [6.45, 7) is 6.71. The van der Waals surface area contributed by atoms with Crippen LogP contribution in [0.2, 0.25) is 0 Å². The number of ether oxygens (including phenoxy) is 1. The van der Waals surface area contributed by atoms with E-state index in [1.807, 2.05) is 6.07 Å². The fraction of sp³-hybridized carbons (Fsp3) is 0.667. The summed E-state index contributed by atoms with van der Waals surface area (Å²) in [5.41, 5.74) is 0. The molecule has 0 saturated heterocycles. The van der Waals surface area contributed by atoms with Gasteiger partial charge in [0.05, 0.1) is 17.1 Å². The van der Waals surface area contributed by atoms with Gasteiger partial charge in [0.15, 0.2) is 4.67 Å². The number of furan rings is 1. The zero-order valence-electron chi connectivity index (χ0n) is 10.3. The van der Waals surface area contributed by atoms with Gasteiger partial charge in [-0.25, -0.2) is 0 Å².